The Hall–Kier alpha value is -2.37. The van der Waals surface area contributed by atoms with Gasteiger partial charge in [-0.15, -0.1) is 0 Å². The first-order valence-corrected chi connectivity index (χ1v) is 8.66. The lowest BCUT2D eigenvalue weighted by molar-refractivity contribution is 0.0955. The Kier molecular flexibility index (Phi) is 5.36. The van der Waals surface area contributed by atoms with Gasteiger partial charge in [0.2, 0.25) is 0 Å². The zero-order valence-electron chi connectivity index (χ0n) is 13.3. The summed E-state index contributed by atoms with van der Waals surface area (Å²) >= 11 is 9.48. The predicted octanol–water partition coefficient (Wildman–Crippen LogP) is 5.43. The van der Waals surface area contributed by atoms with Crippen LogP contribution in [0.15, 0.2) is 68.6 Å². The molecule has 1 N–H and O–H groups in total. The third-order valence-electron chi connectivity index (χ3n) is 3.56. The molecule has 0 saturated carbocycles. The molecule has 0 atom stereocenters. The van der Waals surface area contributed by atoms with E-state index in [0.29, 0.717) is 16.3 Å². The summed E-state index contributed by atoms with van der Waals surface area (Å²) in [4.78, 5) is 12.0. The van der Waals surface area contributed by atoms with Crippen molar-refractivity contribution in [1.29, 1.82) is 0 Å². The van der Waals surface area contributed by atoms with Gasteiger partial charge in [-0.3, -0.25) is 4.79 Å². The van der Waals surface area contributed by atoms with Crippen LogP contribution < -0.4 is 5.43 Å². The molecular weight excluding hydrogens is 404 g/mol. The second-order valence-electron chi connectivity index (χ2n) is 5.34. The number of nitrogens with one attached hydrogen (secondary N) is 1. The third kappa shape index (κ3) is 4.18. The van der Waals surface area contributed by atoms with Crippen LogP contribution in [0.25, 0.3) is 11.3 Å². The summed E-state index contributed by atoms with van der Waals surface area (Å²) in [5, 5.41) is 4.29. The Labute approximate surface area is 158 Å². The van der Waals surface area contributed by atoms with Gasteiger partial charge in [0.1, 0.15) is 11.5 Å². The minimum atomic E-state index is -0.379. The molecule has 1 amide bonds. The minimum Gasteiger partial charge on any atom is -0.455 e. The molecule has 0 aliphatic carbocycles. The maximum Gasteiger partial charge on any atom is 0.272 e. The Balaban J connectivity index is 1.69. The Bertz CT molecular complexity index is 950. The van der Waals surface area contributed by atoms with Crippen molar-refractivity contribution in [2.24, 2.45) is 5.10 Å². The van der Waals surface area contributed by atoms with Gasteiger partial charge in [-0.25, -0.2) is 5.43 Å². The Morgan fingerprint density at radius 2 is 2.00 bits per heavy atom. The number of hydrogen-bond acceptors (Lipinski definition) is 3. The summed E-state index contributed by atoms with van der Waals surface area (Å²) < 4.78 is 6.75. The predicted molar refractivity (Wildman–Crippen MR) is 103 cm³/mol. The van der Waals surface area contributed by atoms with E-state index in [1.165, 1.54) is 6.21 Å². The smallest absolute Gasteiger partial charge is 0.272 e. The number of amides is 1. The maximum atomic E-state index is 12.0. The minimum absolute atomic E-state index is 0.367. The molecule has 0 saturated heterocycles. The van der Waals surface area contributed by atoms with Crippen molar-refractivity contribution < 1.29 is 9.21 Å². The Morgan fingerprint density at radius 1 is 1.20 bits per heavy atom. The van der Waals surface area contributed by atoms with E-state index in [9.17, 15) is 4.79 Å². The van der Waals surface area contributed by atoms with Gasteiger partial charge in [0.25, 0.3) is 5.91 Å². The number of rotatable bonds is 4. The zero-order chi connectivity index (χ0) is 17.8. The van der Waals surface area contributed by atoms with Gasteiger partial charge in [-0.05, 0) is 42.8 Å². The van der Waals surface area contributed by atoms with Gasteiger partial charge in [-0.2, -0.15) is 5.10 Å². The quantitative estimate of drug-likeness (QED) is 0.454. The summed E-state index contributed by atoms with van der Waals surface area (Å²) in [6.45, 7) is 2.02. The van der Waals surface area contributed by atoms with E-state index >= 15 is 0 Å². The summed E-state index contributed by atoms with van der Waals surface area (Å²) in [6.07, 6.45) is 1.45. The SMILES string of the molecule is Cc1ccc(-c2ccc(/C=N\NC(=O)c3ccccc3Cl)o2)cc1Br. The number of carbonyl (C=O) groups excluding carboxylic acids is 1. The molecule has 0 bridgehead atoms. The second kappa shape index (κ2) is 7.68. The first kappa shape index (κ1) is 17.5. The van der Waals surface area contributed by atoms with Crippen molar-refractivity contribution in [3.63, 3.8) is 0 Å². The van der Waals surface area contributed by atoms with Crippen LogP contribution in [0.4, 0.5) is 0 Å². The van der Waals surface area contributed by atoms with Gasteiger partial charge in [0.05, 0.1) is 16.8 Å². The average Bonchev–Trinajstić information content (AvgIpc) is 3.06. The zero-order valence-corrected chi connectivity index (χ0v) is 15.6. The summed E-state index contributed by atoms with van der Waals surface area (Å²) in [6, 6.07) is 16.4. The number of hydrogen-bond donors (Lipinski definition) is 1. The molecule has 6 heteroatoms. The van der Waals surface area contributed by atoms with Crippen LogP contribution in [-0.2, 0) is 0 Å². The lowest BCUT2D eigenvalue weighted by atomic mass is 10.1. The van der Waals surface area contributed by atoms with Crippen LogP contribution in [0.3, 0.4) is 0 Å². The van der Waals surface area contributed by atoms with Crippen molar-refractivity contribution >= 4 is 39.7 Å². The van der Waals surface area contributed by atoms with Gasteiger partial charge in [-0.1, -0.05) is 51.8 Å². The van der Waals surface area contributed by atoms with Gasteiger partial charge in [0, 0.05) is 10.0 Å². The van der Waals surface area contributed by atoms with E-state index in [1.807, 2.05) is 31.2 Å². The maximum absolute atomic E-state index is 12.0. The topological polar surface area (TPSA) is 54.6 Å². The van der Waals surface area contributed by atoms with Crippen molar-refractivity contribution in [3.05, 3.63) is 81.0 Å². The lowest BCUT2D eigenvalue weighted by Crippen LogP contribution is -2.17. The second-order valence-corrected chi connectivity index (χ2v) is 6.61. The van der Waals surface area contributed by atoms with Crippen LogP contribution >= 0.6 is 27.5 Å². The molecule has 0 aliphatic rings. The average molecular weight is 418 g/mol. The highest BCUT2D eigenvalue weighted by atomic mass is 79.9. The number of nitrogens with zero attached hydrogens (tertiary/aromatic N) is 1. The van der Waals surface area contributed by atoms with E-state index < -0.39 is 0 Å². The molecule has 1 heterocycles. The number of benzene rings is 2. The molecular formula is C19H14BrClN2O2. The number of hydrazone groups is 1. The van der Waals surface area contributed by atoms with E-state index in [4.69, 9.17) is 16.0 Å². The highest BCUT2D eigenvalue weighted by Crippen LogP contribution is 2.26. The fraction of sp³-hybridized carbons (Fsp3) is 0.0526. The van der Waals surface area contributed by atoms with Gasteiger partial charge >= 0.3 is 0 Å². The molecule has 0 aliphatic heterocycles. The molecule has 4 nitrogen and oxygen atoms in total. The first-order chi connectivity index (χ1) is 12.0. The normalized spacial score (nSPS) is 11.0. The molecule has 25 heavy (non-hydrogen) atoms. The van der Waals surface area contributed by atoms with E-state index in [1.54, 1.807) is 30.3 Å². The largest absolute Gasteiger partial charge is 0.455 e. The van der Waals surface area contributed by atoms with E-state index in [0.717, 1.165) is 21.4 Å². The molecule has 2 aromatic carbocycles. The molecule has 0 unspecified atom stereocenters. The molecule has 0 fully saturated rings. The number of carbonyl (C=O) groups is 1. The summed E-state index contributed by atoms with van der Waals surface area (Å²) in [7, 11) is 0. The molecule has 3 aromatic rings. The van der Waals surface area contributed by atoms with E-state index in [-0.39, 0.29) is 5.91 Å². The summed E-state index contributed by atoms with van der Waals surface area (Å²) in [5.41, 5.74) is 4.91. The van der Waals surface area contributed by atoms with Crippen molar-refractivity contribution in [2.75, 3.05) is 0 Å². The van der Waals surface area contributed by atoms with Gasteiger partial charge in [0.15, 0.2) is 0 Å². The van der Waals surface area contributed by atoms with Crippen molar-refractivity contribution in [2.45, 2.75) is 6.92 Å². The highest BCUT2D eigenvalue weighted by molar-refractivity contribution is 9.10. The van der Waals surface area contributed by atoms with Gasteiger partial charge < -0.3 is 4.42 Å². The monoisotopic (exact) mass is 416 g/mol. The van der Waals surface area contributed by atoms with Crippen LogP contribution in [0, 0.1) is 6.92 Å². The molecule has 0 spiro atoms. The molecule has 126 valence electrons. The molecule has 1 aromatic heterocycles. The number of halogens is 2. The summed E-state index contributed by atoms with van der Waals surface area (Å²) in [5.74, 6) is 0.877. The van der Waals surface area contributed by atoms with Crippen molar-refractivity contribution in [3.8, 4) is 11.3 Å². The molecule has 3 rings (SSSR count). The first-order valence-electron chi connectivity index (χ1n) is 7.49. The molecule has 0 radical (unpaired) electrons. The fourth-order valence-electron chi connectivity index (χ4n) is 2.18. The fourth-order valence-corrected chi connectivity index (χ4v) is 2.78. The van der Waals surface area contributed by atoms with Crippen molar-refractivity contribution in [1.82, 2.24) is 5.43 Å². The van der Waals surface area contributed by atoms with Crippen LogP contribution in [-0.4, -0.2) is 12.1 Å². The third-order valence-corrected chi connectivity index (χ3v) is 4.74. The number of furan rings is 1. The highest BCUT2D eigenvalue weighted by Gasteiger charge is 2.08. The lowest BCUT2D eigenvalue weighted by Gasteiger charge is -2.01. The van der Waals surface area contributed by atoms with E-state index in [2.05, 4.69) is 26.5 Å². The van der Waals surface area contributed by atoms with Crippen LogP contribution in [0.2, 0.25) is 5.02 Å². The standard InChI is InChI=1S/C19H14BrClN2O2/c1-12-6-7-13(10-16(12)20)18-9-8-14(25-18)11-22-23-19(24)15-4-2-3-5-17(15)21/h2-11H,1H3,(H,23,24)/b22-11-. The van der Waals surface area contributed by atoms with Crippen LogP contribution in [0.5, 0.6) is 0 Å². The Morgan fingerprint density at radius 3 is 2.76 bits per heavy atom. The number of aryl methyl sites for hydroxylation is 1. The van der Waals surface area contributed by atoms with Crippen LogP contribution in [0.1, 0.15) is 21.7 Å².